The first-order valence-electron chi connectivity index (χ1n) is 7.30. The van der Waals surface area contributed by atoms with Gasteiger partial charge >= 0.3 is 0 Å². The van der Waals surface area contributed by atoms with Crippen molar-refractivity contribution in [3.63, 3.8) is 0 Å². The predicted molar refractivity (Wildman–Crippen MR) is 86.8 cm³/mol. The molecule has 0 saturated carbocycles. The number of nitrogens with zero attached hydrogens (tertiary/aromatic N) is 4. The lowest BCUT2D eigenvalue weighted by Gasteiger charge is -2.39. The lowest BCUT2D eigenvalue weighted by molar-refractivity contribution is -0.120. The van der Waals surface area contributed by atoms with Crippen molar-refractivity contribution in [2.24, 2.45) is 0 Å². The number of benzene rings is 1. The van der Waals surface area contributed by atoms with Crippen LogP contribution in [0, 0.1) is 6.92 Å². The van der Waals surface area contributed by atoms with Gasteiger partial charge in [0.25, 0.3) is 0 Å². The van der Waals surface area contributed by atoms with E-state index in [1.165, 1.54) is 0 Å². The molecule has 0 unspecified atom stereocenters. The summed E-state index contributed by atoms with van der Waals surface area (Å²) in [5.74, 6) is 1.01. The molecular weight excluding hydrogens is 278 g/mol. The van der Waals surface area contributed by atoms with Crippen molar-refractivity contribution < 1.29 is 4.79 Å². The van der Waals surface area contributed by atoms with Crippen LogP contribution in [0.2, 0.25) is 0 Å². The predicted octanol–water partition coefficient (Wildman–Crippen LogP) is 1.61. The topological polar surface area (TPSA) is 75.3 Å². The highest BCUT2D eigenvalue weighted by Crippen LogP contribution is 2.24. The highest BCUT2D eigenvalue weighted by atomic mass is 16.2. The molecule has 6 nitrogen and oxygen atoms in total. The maximum Gasteiger partial charge on any atom is 0.249 e. The largest absolute Gasteiger partial charge is 0.368 e. The van der Waals surface area contributed by atoms with Crippen molar-refractivity contribution in [1.82, 2.24) is 9.97 Å². The van der Waals surface area contributed by atoms with Gasteiger partial charge in [0.05, 0.1) is 0 Å². The zero-order chi connectivity index (χ0) is 15.7. The Labute approximate surface area is 129 Å². The first-order chi connectivity index (χ1) is 10.6. The van der Waals surface area contributed by atoms with Gasteiger partial charge in [-0.1, -0.05) is 18.2 Å². The fraction of sp³-hybridized carbons (Fsp3) is 0.312. The molecule has 1 fully saturated rings. The molecule has 2 N–H and O–H groups in total. The first kappa shape index (κ1) is 14.3. The van der Waals surface area contributed by atoms with E-state index in [1.807, 2.05) is 60.0 Å². The van der Waals surface area contributed by atoms with Crippen LogP contribution in [0.1, 0.15) is 12.6 Å². The zero-order valence-electron chi connectivity index (χ0n) is 12.7. The Kier molecular flexibility index (Phi) is 3.66. The highest BCUT2D eigenvalue weighted by molar-refractivity contribution is 5.99. The zero-order valence-corrected chi connectivity index (χ0v) is 12.7. The monoisotopic (exact) mass is 297 g/mol. The molecule has 0 bridgehead atoms. The molecule has 0 spiro atoms. The number of aromatic nitrogens is 2. The molecule has 1 amide bonds. The fourth-order valence-electron chi connectivity index (χ4n) is 2.77. The molecular formula is C16H19N5O. The second-order valence-electron chi connectivity index (χ2n) is 5.42. The van der Waals surface area contributed by atoms with Crippen molar-refractivity contribution in [3.8, 4) is 0 Å². The van der Waals surface area contributed by atoms with E-state index in [9.17, 15) is 4.79 Å². The Bertz CT molecular complexity index is 668. The van der Waals surface area contributed by atoms with E-state index in [0.717, 1.165) is 11.4 Å². The van der Waals surface area contributed by atoms with E-state index in [-0.39, 0.29) is 17.9 Å². The molecule has 1 aliphatic rings. The molecule has 114 valence electrons. The van der Waals surface area contributed by atoms with Crippen LogP contribution in [0.25, 0.3) is 0 Å². The van der Waals surface area contributed by atoms with Crippen LogP contribution in [0.3, 0.4) is 0 Å². The van der Waals surface area contributed by atoms with Crippen LogP contribution in [0.4, 0.5) is 17.5 Å². The number of amides is 1. The minimum absolute atomic E-state index is 0.0623. The molecule has 1 aromatic heterocycles. The maximum atomic E-state index is 12.7. The third-order valence-electron chi connectivity index (χ3n) is 3.88. The standard InChI is InChI=1S/C16H19N5O/c1-11-10-14(19-16(17)18-11)20-8-9-21(15(22)12(20)2)13-6-4-3-5-7-13/h3-7,10,12H,8-9H2,1-2H3,(H2,17,18,19)/t12-/m0/s1. The molecule has 0 radical (unpaired) electrons. The van der Waals surface area contributed by atoms with E-state index in [2.05, 4.69) is 9.97 Å². The highest BCUT2D eigenvalue weighted by Gasteiger charge is 2.33. The number of anilines is 3. The van der Waals surface area contributed by atoms with Crippen LogP contribution in [-0.4, -0.2) is 35.0 Å². The Morgan fingerprint density at radius 3 is 2.59 bits per heavy atom. The van der Waals surface area contributed by atoms with E-state index in [4.69, 9.17) is 5.73 Å². The minimum atomic E-state index is -0.289. The second-order valence-corrected chi connectivity index (χ2v) is 5.42. The third kappa shape index (κ3) is 2.59. The van der Waals surface area contributed by atoms with Crippen LogP contribution < -0.4 is 15.5 Å². The lowest BCUT2D eigenvalue weighted by Crippen LogP contribution is -2.56. The number of carbonyl (C=O) groups is 1. The quantitative estimate of drug-likeness (QED) is 0.911. The molecule has 2 heterocycles. The van der Waals surface area contributed by atoms with Gasteiger partial charge in [0.2, 0.25) is 11.9 Å². The third-order valence-corrected chi connectivity index (χ3v) is 3.88. The number of rotatable bonds is 2. The van der Waals surface area contributed by atoms with Gasteiger partial charge < -0.3 is 15.5 Å². The number of nitrogen functional groups attached to an aromatic ring is 1. The summed E-state index contributed by atoms with van der Waals surface area (Å²) in [7, 11) is 0. The number of nitrogens with two attached hydrogens (primary N) is 1. The molecule has 2 aromatic rings. The maximum absolute atomic E-state index is 12.7. The molecule has 1 aliphatic heterocycles. The normalized spacial score (nSPS) is 18.6. The Morgan fingerprint density at radius 1 is 1.18 bits per heavy atom. The average molecular weight is 297 g/mol. The van der Waals surface area contributed by atoms with Gasteiger partial charge in [0, 0.05) is 30.5 Å². The van der Waals surface area contributed by atoms with Gasteiger partial charge in [-0.25, -0.2) is 4.98 Å². The van der Waals surface area contributed by atoms with Crippen molar-refractivity contribution >= 4 is 23.4 Å². The molecule has 1 saturated heterocycles. The van der Waals surface area contributed by atoms with Gasteiger partial charge in [0.1, 0.15) is 11.9 Å². The van der Waals surface area contributed by atoms with Crippen LogP contribution >= 0.6 is 0 Å². The summed E-state index contributed by atoms with van der Waals surface area (Å²) >= 11 is 0. The minimum Gasteiger partial charge on any atom is -0.368 e. The summed E-state index contributed by atoms with van der Waals surface area (Å²) in [4.78, 5) is 24.8. The van der Waals surface area contributed by atoms with Gasteiger partial charge in [-0.15, -0.1) is 0 Å². The molecule has 6 heteroatoms. The summed E-state index contributed by atoms with van der Waals surface area (Å²) in [6.45, 7) is 5.09. The number of para-hydroxylation sites is 1. The summed E-state index contributed by atoms with van der Waals surface area (Å²) < 4.78 is 0. The number of piperazine rings is 1. The van der Waals surface area contributed by atoms with Crippen molar-refractivity contribution in [2.45, 2.75) is 19.9 Å². The summed E-state index contributed by atoms with van der Waals surface area (Å²) in [6.07, 6.45) is 0. The molecule has 22 heavy (non-hydrogen) atoms. The van der Waals surface area contributed by atoms with Crippen molar-refractivity contribution in [3.05, 3.63) is 42.1 Å². The van der Waals surface area contributed by atoms with Crippen molar-refractivity contribution in [2.75, 3.05) is 28.6 Å². The lowest BCUT2D eigenvalue weighted by atomic mass is 10.1. The number of hydrogen-bond donors (Lipinski definition) is 1. The second kappa shape index (κ2) is 5.63. The summed E-state index contributed by atoms with van der Waals surface area (Å²) in [5, 5.41) is 0. The van der Waals surface area contributed by atoms with Crippen LogP contribution in [0.15, 0.2) is 36.4 Å². The molecule has 3 rings (SSSR count). The Hall–Kier alpha value is -2.63. The van der Waals surface area contributed by atoms with E-state index in [1.54, 1.807) is 0 Å². The van der Waals surface area contributed by atoms with E-state index < -0.39 is 0 Å². The molecule has 0 aliphatic carbocycles. The SMILES string of the molecule is Cc1cc(N2CCN(c3ccccc3)C(=O)[C@@H]2C)nc(N)n1. The Morgan fingerprint density at radius 2 is 1.91 bits per heavy atom. The van der Waals surface area contributed by atoms with Gasteiger partial charge in [0.15, 0.2) is 0 Å². The van der Waals surface area contributed by atoms with Gasteiger partial charge in [-0.05, 0) is 26.0 Å². The Balaban J connectivity index is 1.86. The first-order valence-corrected chi connectivity index (χ1v) is 7.30. The van der Waals surface area contributed by atoms with E-state index in [0.29, 0.717) is 18.9 Å². The number of carbonyl (C=O) groups excluding carboxylic acids is 1. The average Bonchev–Trinajstić information content (AvgIpc) is 2.50. The van der Waals surface area contributed by atoms with Gasteiger partial charge in [-0.3, -0.25) is 4.79 Å². The summed E-state index contributed by atoms with van der Waals surface area (Å²) in [5.41, 5.74) is 7.45. The molecule has 1 aromatic carbocycles. The smallest absolute Gasteiger partial charge is 0.249 e. The number of aryl methyl sites for hydroxylation is 1. The van der Waals surface area contributed by atoms with Crippen LogP contribution in [-0.2, 0) is 4.79 Å². The summed E-state index contributed by atoms with van der Waals surface area (Å²) in [6, 6.07) is 11.3. The van der Waals surface area contributed by atoms with Gasteiger partial charge in [-0.2, -0.15) is 4.98 Å². The fourth-order valence-corrected chi connectivity index (χ4v) is 2.77. The number of hydrogen-bond acceptors (Lipinski definition) is 5. The van der Waals surface area contributed by atoms with Crippen LogP contribution in [0.5, 0.6) is 0 Å². The molecule has 1 atom stereocenters. The van der Waals surface area contributed by atoms with E-state index >= 15 is 0 Å². The van der Waals surface area contributed by atoms with Crippen molar-refractivity contribution in [1.29, 1.82) is 0 Å².